The van der Waals surface area contributed by atoms with Crippen molar-refractivity contribution in [2.75, 3.05) is 0 Å². The first-order valence-electron chi connectivity index (χ1n) is 6.19. The average Bonchev–Trinajstić information content (AvgIpc) is 2.82. The molecule has 6 heteroatoms. The Morgan fingerprint density at radius 2 is 2.00 bits per heavy atom. The molecule has 0 fully saturated rings. The summed E-state index contributed by atoms with van der Waals surface area (Å²) in [6.07, 6.45) is 0. The first-order valence-corrected chi connectivity index (χ1v) is 8.72. The monoisotopic (exact) mass is 311 g/mol. The van der Waals surface area contributed by atoms with Crippen LogP contribution in [0.4, 0.5) is 0 Å². The normalized spacial score (nSPS) is 11.7. The summed E-state index contributed by atoms with van der Waals surface area (Å²) in [7, 11) is -3.38. The molecule has 0 aliphatic heterocycles. The highest BCUT2D eigenvalue weighted by Crippen LogP contribution is 2.16. The lowest BCUT2D eigenvalue weighted by molar-refractivity contribution is 0.282. The second-order valence-electron chi connectivity index (χ2n) is 4.59. The van der Waals surface area contributed by atoms with Crippen LogP contribution in [0.5, 0.6) is 0 Å². The summed E-state index contributed by atoms with van der Waals surface area (Å²) in [6, 6.07) is 8.93. The van der Waals surface area contributed by atoms with Gasteiger partial charge in [-0.15, -0.1) is 11.3 Å². The van der Waals surface area contributed by atoms with Crippen LogP contribution in [0, 0.1) is 6.92 Å². The molecule has 0 bridgehead atoms. The van der Waals surface area contributed by atoms with Crippen LogP contribution >= 0.6 is 11.3 Å². The Morgan fingerprint density at radius 1 is 1.25 bits per heavy atom. The highest BCUT2D eigenvalue weighted by molar-refractivity contribution is 7.88. The van der Waals surface area contributed by atoms with Gasteiger partial charge < -0.3 is 5.11 Å². The van der Waals surface area contributed by atoms with Crippen molar-refractivity contribution in [1.29, 1.82) is 0 Å². The van der Waals surface area contributed by atoms with E-state index in [1.165, 1.54) is 0 Å². The maximum absolute atomic E-state index is 12.0. The molecule has 108 valence electrons. The minimum atomic E-state index is -3.38. The van der Waals surface area contributed by atoms with Crippen molar-refractivity contribution in [1.82, 2.24) is 4.72 Å². The van der Waals surface area contributed by atoms with E-state index >= 15 is 0 Å². The van der Waals surface area contributed by atoms with Crippen molar-refractivity contribution in [2.24, 2.45) is 0 Å². The Hall–Kier alpha value is -1.21. The van der Waals surface area contributed by atoms with E-state index in [9.17, 15) is 8.42 Å². The molecular weight excluding hydrogens is 294 g/mol. The highest BCUT2D eigenvalue weighted by atomic mass is 32.2. The standard InChI is InChI=1S/C14H17NO3S2/c1-11-5-6-19-14(11)8-15-20(17,18)10-13-4-2-3-12(7-13)9-16/h2-7,15-16H,8-10H2,1H3. The van der Waals surface area contributed by atoms with Gasteiger partial charge in [0, 0.05) is 11.4 Å². The van der Waals surface area contributed by atoms with E-state index < -0.39 is 10.0 Å². The van der Waals surface area contributed by atoms with Gasteiger partial charge in [0.25, 0.3) is 0 Å². The zero-order chi connectivity index (χ0) is 14.6. The van der Waals surface area contributed by atoms with E-state index in [1.54, 1.807) is 35.6 Å². The third-order valence-electron chi connectivity index (χ3n) is 2.95. The maximum atomic E-state index is 12.0. The smallest absolute Gasteiger partial charge is 0.216 e. The van der Waals surface area contributed by atoms with E-state index in [2.05, 4.69) is 4.72 Å². The zero-order valence-electron chi connectivity index (χ0n) is 11.2. The predicted molar refractivity (Wildman–Crippen MR) is 80.9 cm³/mol. The molecule has 2 aromatic rings. The second-order valence-corrected chi connectivity index (χ2v) is 7.39. The SMILES string of the molecule is Cc1ccsc1CNS(=O)(=O)Cc1cccc(CO)c1. The summed E-state index contributed by atoms with van der Waals surface area (Å²) in [4.78, 5) is 1.03. The number of nitrogens with one attached hydrogen (secondary N) is 1. The number of aliphatic hydroxyl groups excluding tert-OH is 1. The number of hydrogen-bond acceptors (Lipinski definition) is 4. The first-order chi connectivity index (χ1) is 9.50. The topological polar surface area (TPSA) is 66.4 Å². The molecule has 0 unspecified atom stereocenters. The summed E-state index contributed by atoms with van der Waals surface area (Å²) < 4.78 is 26.7. The Balaban J connectivity index is 2.02. The summed E-state index contributed by atoms with van der Waals surface area (Å²) in [6.45, 7) is 2.20. The van der Waals surface area contributed by atoms with Gasteiger partial charge in [-0.1, -0.05) is 24.3 Å². The van der Waals surface area contributed by atoms with Crippen LogP contribution in [0.3, 0.4) is 0 Å². The number of thiophene rings is 1. The maximum Gasteiger partial charge on any atom is 0.216 e. The van der Waals surface area contributed by atoms with Gasteiger partial charge in [-0.25, -0.2) is 13.1 Å². The van der Waals surface area contributed by atoms with E-state index in [1.807, 2.05) is 18.4 Å². The minimum Gasteiger partial charge on any atom is -0.392 e. The molecule has 0 aliphatic carbocycles. The first kappa shape index (κ1) is 15.2. The molecule has 0 atom stereocenters. The minimum absolute atomic E-state index is 0.0781. The fourth-order valence-electron chi connectivity index (χ4n) is 1.85. The van der Waals surface area contributed by atoms with Gasteiger partial charge in [0.15, 0.2) is 0 Å². The van der Waals surface area contributed by atoms with Gasteiger partial charge >= 0.3 is 0 Å². The third kappa shape index (κ3) is 4.14. The number of hydrogen-bond donors (Lipinski definition) is 2. The van der Waals surface area contributed by atoms with Crippen molar-refractivity contribution in [2.45, 2.75) is 25.8 Å². The molecule has 0 amide bonds. The molecule has 0 spiro atoms. The Morgan fingerprint density at radius 3 is 2.65 bits per heavy atom. The molecule has 2 N–H and O–H groups in total. The number of rotatable bonds is 6. The zero-order valence-corrected chi connectivity index (χ0v) is 12.8. The Kier molecular flexibility index (Phi) is 4.93. The van der Waals surface area contributed by atoms with Gasteiger partial charge in [-0.3, -0.25) is 0 Å². The molecule has 0 saturated carbocycles. The lowest BCUT2D eigenvalue weighted by Crippen LogP contribution is -2.24. The molecule has 20 heavy (non-hydrogen) atoms. The van der Waals surface area contributed by atoms with Crippen molar-refractivity contribution < 1.29 is 13.5 Å². The van der Waals surface area contributed by atoms with Crippen molar-refractivity contribution in [3.8, 4) is 0 Å². The molecule has 2 rings (SSSR count). The van der Waals surface area contributed by atoms with Crippen LogP contribution in [0.1, 0.15) is 21.6 Å². The van der Waals surface area contributed by atoms with Crippen molar-refractivity contribution in [3.05, 3.63) is 57.3 Å². The second kappa shape index (κ2) is 6.49. The van der Waals surface area contributed by atoms with Crippen LogP contribution in [0.2, 0.25) is 0 Å². The molecular formula is C14H17NO3S2. The molecule has 4 nitrogen and oxygen atoms in total. The number of aryl methyl sites for hydroxylation is 1. The van der Waals surface area contributed by atoms with E-state index in [-0.39, 0.29) is 12.4 Å². The Bertz CT molecular complexity index is 677. The van der Waals surface area contributed by atoms with E-state index in [0.29, 0.717) is 17.7 Å². The molecule has 0 aliphatic rings. The summed E-state index contributed by atoms with van der Waals surface area (Å²) in [5.74, 6) is -0.0781. The Labute approximate surface area is 123 Å². The van der Waals surface area contributed by atoms with Gasteiger partial charge in [0.05, 0.1) is 12.4 Å². The van der Waals surface area contributed by atoms with E-state index in [0.717, 1.165) is 10.4 Å². The molecule has 1 aromatic heterocycles. The third-order valence-corrected chi connectivity index (χ3v) is 5.27. The van der Waals surface area contributed by atoms with Gasteiger partial charge in [0.1, 0.15) is 0 Å². The molecule has 0 saturated heterocycles. The number of aliphatic hydroxyl groups is 1. The molecule has 1 aromatic carbocycles. The number of benzene rings is 1. The highest BCUT2D eigenvalue weighted by Gasteiger charge is 2.12. The predicted octanol–water partition coefficient (Wildman–Crippen LogP) is 2.17. The van der Waals surface area contributed by atoms with Gasteiger partial charge in [-0.05, 0) is 35.1 Å². The van der Waals surface area contributed by atoms with Crippen LogP contribution in [-0.2, 0) is 28.9 Å². The number of sulfonamides is 1. The van der Waals surface area contributed by atoms with Crippen LogP contribution in [0.15, 0.2) is 35.7 Å². The largest absolute Gasteiger partial charge is 0.392 e. The summed E-state index contributed by atoms with van der Waals surface area (Å²) in [5.41, 5.74) is 2.48. The lowest BCUT2D eigenvalue weighted by Gasteiger charge is -2.07. The molecule has 1 heterocycles. The fourth-order valence-corrected chi connectivity index (χ4v) is 3.87. The van der Waals surface area contributed by atoms with Crippen molar-refractivity contribution >= 4 is 21.4 Å². The summed E-state index contributed by atoms with van der Waals surface area (Å²) >= 11 is 1.54. The quantitative estimate of drug-likeness (QED) is 0.859. The van der Waals surface area contributed by atoms with Gasteiger partial charge in [-0.2, -0.15) is 0 Å². The molecule has 0 radical (unpaired) electrons. The average molecular weight is 311 g/mol. The lowest BCUT2D eigenvalue weighted by atomic mass is 10.1. The van der Waals surface area contributed by atoms with Crippen molar-refractivity contribution in [3.63, 3.8) is 0 Å². The van der Waals surface area contributed by atoms with Crippen LogP contribution < -0.4 is 4.72 Å². The fraction of sp³-hybridized carbons (Fsp3) is 0.286. The summed E-state index contributed by atoms with van der Waals surface area (Å²) in [5, 5.41) is 11.0. The van der Waals surface area contributed by atoms with Gasteiger partial charge in [0.2, 0.25) is 10.0 Å². The van der Waals surface area contributed by atoms with E-state index in [4.69, 9.17) is 5.11 Å². The van der Waals surface area contributed by atoms with Crippen LogP contribution in [-0.4, -0.2) is 13.5 Å². The van der Waals surface area contributed by atoms with Crippen LogP contribution in [0.25, 0.3) is 0 Å².